The highest BCUT2D eigenvalue weighted by Crippen LogP contribution is 2.40. The number of benzene rings is 1. The fraction of sp³-hybridized carbons (Fsp3) is 0.619. The van der Waals surface area contributed by atoms with E-state index in [1.165, 1.54) is 0 Å². The molecule has 1 saturated heterocycles. The number of rotatable bonds is 10. The molecule has 1 unspecified atom stereocenters. The van der Waals surface area contributed by atoms with Gasteiger partial charge in [-0.1, -0.05) is 25.8 Å². The molecule has 0 bridgehead atoms. The number of hydrogen-bond donors (Lipinski definition) is 2. The lowest BCUT2D eigenvalue weighted by Gasteiger charge is -2.36. The van der Waals surface area contributed by atoms with Crippen molar-refractivity contribution < 1.29 is 23.8 Å². The topological polar surface area (TPSA) is 106 Å². The minimum absolute atomic E-state index is 0.0643. The zero-order valence-corrected chi connectivity index (χ0v) is 18.4. The van der Waals surface area contributed by atoms with Crippen molar-refractivity contribution in [1.82, 2.24) is 15.1 Å². The lowest BCUT2D eigenvalue weighted by Crippen LogP contribution is -2.55. The largest absolute Gasteiger partial charge is 0.493 e. The molecule has 30 heavy (non-hydrogen) atoms. The first-order valence-corrected chi connectivity index (χ1v) is 10.3. The minimum Gasteiger partial charge on any atom is -0.493 e. The second-order valence-corrected chi connectivity index (χ2v) is 7.30. The Labute approximate surface area is 178 Å². The van der Waals surface area contributed by atoms with Crippen LogP contribution in [0.1, 0.15) is 31.7 Å². The van der Waals surface area contributed by atoms with Crippen LogP contribution in [-0.4, -0.2) is 75.3 Å². The van der Waals surface area contributed by atoms with Crippen molar-refractivity contribution in [2.75, 3.05) is 47.5 Å². The molecule has 1 heterocycles. The number of nitrogens with one attached hydrogen (secondary N) is 1. The second-order valence-electron chi connectivity index (χ2n) is 7.30. The molecule has 3 amide bonds. The Balaban J connectivity index is 2.00. The van der Waals surface area contributed by atoms with E-state index in [0.29, 0.717) is 43.3 Å². The van der Waals surface area contributed by atoms with E-state index in [9.17, 15) is 9.59 Å². The average molecular weight is 423 g/mol. The van der Waals surface area contributed by atoms with Crippen LogP contribution in [0.25, 0.3) is 0 Å². The maximum absolute atomic E-state index is 12.8. The number of amides is 3. The van der Waals surface area contributed by atoms with Gasteiger partial charge in [-0.3, -0.25) is 9.69 Å². The van der Waals surface area contributed by atoms with Crippen molar-refractivity contribution in [1.29, 1.82) is 0 Å². The van der Waals surface area contributed by atoms with E-state index in [0.717, 1.165) is 31.5 Å². The zero-order valence-electron chi connectivity index (χ0n) is 18.4. The van der Waals surface area contributed by atoms with Crippen LogP contribution in [0.5, 0.6) is 17.2 Å². The van der Waals surface area contributed by atoms with Gasteiger partial charge in [0.05, 0.1) is 21.3 Å². The summed E-state index contributed by atoms with van der Waals surface area (Å²) in [6, 6.07) is 2.61. The summed E-state index contributed by atoms with van der Waals surface area (Å²) < 4.78 is 16.4. The molecule has 0 aliphatic carbocycles. The predicted molar refractivity (Wildman–Crippen MR) is 114 cm³/mol. The molecule has 1 aliphatic rings. The van der Waals surface area contributed by atoms with Crippen LogP contribution in [0.2, 0.25) is 0 Å². The van der Waals surface area contributed by atoms with Crippen molar-refractivity contribution in [2.45, 2.75) is 38.8 Å². The van der Waals surface area contributed by atoms with Crippen molar-refractivity contribution in [2.24, 2.45) is 5.73 Å². The van der Waals surface area contributed by atoms with Crippen LogP contribution in [0.4, 0.5) is 4.79 Å². The number of methoxy groups -OCH3 is 3. The van der Waals surface area contributed by atoms with Crippen LogP contribution in [-0.2, 0) is 11.3 Å². The maximum Gasteiger partial charge on any atom is 0.312 e. The molecule has 1 aliphatic heterocycles. The highest BCUT2D eigenvalue weighted by Gasteiger charge is 2.28. The molecular weight excluding hydrogens is 388 g/mol. The molecular formula is C21H34N4O5. The number of carbonyl (C=O) groups excluding carboxylic acids is 2. The number of unbranched alkanes of at least 4 members (excludes halogenated alkanes) is 1. The minimum atomic E-state index is -0.663. The van der Waals surface area contributed by atoms with E-state index in [2.05, 4.69) is 10.2 Å². The molecule has 1 atom stereocenters. The summed E-state index contributed by atoms with van der Waals surface area (Å²) in [4.78, 5) is 28.2. The van der Waals surface area contributed by atoms with Crippen molar-refractivity contribution >= 4 is 11.9 Å². The standard InChI is InChI=1S/C21H34N4O5/c1-5-6-7-16(23-21(22)27)20(26)25-12-10-24(11-13-25)14-15-8-9-17(28-2)19(30-4)18(15)29-3/h8-9,16H,5-7,10-14H2,1-4H3,(H3,22,23,27). The highest BCUT2D eigenvalue weighted by molar-refractivity contribution is 5.86. The summed E-state index contributed by atoms with van der Waals surface area (Å²) in [6.45, 7) is 5.35. The number of nitrogens with two attached hydrogens (primary N) is 1. The number of hydrogen-bond acceptors (Lipinski definition) is 6. The molecule has 3 N–H and O–H groups in total. The molecule has 1 aromatic rings. The summed E-state index contributed by atoms with van der Waals surface area (Å²) in [6.07, 6.45) is 2.40. The lowest BCUT2D eigenvalue weighted by atomic mass is 10.1. The zero-order chi connectivity index (χ0) is 22.1. The number of primary amides is 1. The molecule has 1 aromatic carbocycles. The first-order chi connectivity index (χ1) is 14.4. The Morgan fingerprint density at radius 1 is 1.07 bits per heavy atom. The number of urea groups is 1. The maximum atomic E-state index is 12.8. The summed E-state index contributed by atoms with van der Waals surface area (Å²) in [5.41, 5.74) is 6.24. The van der Waals surface area contributed by atoms with Gasteiger partial charge in [0.25, 0.3) is 0 Å². The van der Waals surface area contributed by atoms with Gasteiger partial charge in [0.15, 0.2) is 11.5 Å². The Morgan fingerprint density at radius 2 is 1.73 bits per heavy atom. The Kier molecular flexibility index (Phi) is 9.04. The number of carbonyl (C=O) groups is 2. The van der Waals surface area contributed by atoms with E-state index in [4.69, 9.17) is 19.9 Å². The Morgan fingerprint density at radius 3 is 2.27 bits per heavy atom. The number of ether oxygens (including phenoxy) is 3. The van der Waals surface area contributed by atoms with Gasteiger partial charge in [-0.25, -0.2) is 4.79 Å². The van der Waals surface area contributed by atoms with Crippen LogP contribution in [0.3, 0.4) is 0 Å². The van der Waals surface area contributed by atoms with Crippen LogP contribution in [0, 0.1) is 0 Å². The van der Waals surface area contributed by atoms with E-state index in [1.54, 1.807) is 26.2 Å². The smallest absolute Gasteiger partial charge is 0.312 e. The normalized spacial score (nSPS) is 15.4. The number of piperazine rings is 1. The third-order valence-electron chi connectivity index (χ3n) is 5.32. The molecule has 0 radical (unpaired) electrons. The average Bonchev–Trinajstić information content (AvgIpc) is 2.75. The highest BCUT2D eigenvalue weighted by atomic mass is 16.5. The Bertz CT molecular complexity index is 720. The molecule has 2 rings (SSSR count). The molecule has 168 valence electrons. The van der Waals surface area contributed by atoms with Gasteiger partial charge >= 0.3 is 6.03 Å². The Hall–Kier alpha value is -2.68. The van der Waals surface area contributed by atoms with Gasteiger partial charge in [0, 0.05) is 38.3 Å². The van der Waals surface area contributed by atoms with E-state index in [1.807, 2.05) is 19.1 Å². The molecule has 9 nitrogen and oxygen atoms in total. The third kappa shape index (κ3) is 5.91. The summed E-state index contributed by atoms with van der Waals surface area (Å²) in [5, 5.41) is 2.59. The van der Waals surface area contributed by atoms with Crippen LogP contribution < -0.4 is 25.3 Å². The third-order valence-corrected chi connectivity index (χ3v) is 5.32. The predicted octanol–water partition coefficient (Wildman–Crippen LogP) is 1.58. The quantitative estimate of drug-likeness (QED) is 0.593. The van der Waals surface area contributed by atoms with Gasteiger partial charge in [-0.2, -0.15) is 0 Å². The monoisotopic (exact) mass is 422 g/mol. The second kappa shape index (κ2) is 11.5. The van der Waals surface area contributed by atoms with E-state index in [-0.39, 0.29) is 5.91 Å². The van der Waals surface area contributed by atoms with Gasteiger partial charge < -0.3 is 30.2 Å². The van der Waals surface area contributed by atoms with Gasteiger partial charge in [0.1, 0.15) is 6.04 Å². The van der Waals surface area contributed by atoms with E-state index < -0.39 is 12.1 Å². The summed E-state index contributed by atoms with van der Waals surface area (Å²) in [7, 11) is 4.79. The molecule has 1 fully saturated rings. The fourth-order valence-electron chi connectivity index (χ4n) is 3.71. The van der Waals surface area contributed by atoms with Gasteiger partial charge in [-0.15, -0.1) is 0 Å². The van der Waals surface area contributed by atoms with Crippen LogP contribution in [0.15, 0.2) is 12.1 Å². The first-order valence-electron chi connectivity index (χ1n) is 10.3. The van der Waals surface area contributed by atoms with Crippen molar-refractivity contribution in [3.63, 3.8) is 0 Å². The number of nitrogens with zero attached hydrogens (tertiary/aromatic N) is 2. The van der Waals surface area contributed by atoms with Crippen LogP contribution >= 0.6 is 0 Å². The summed E-state index contributed by atoms with van der Waals surface area (Å²) in [5.74, 6) is 1.78. The molecule has 0 spiro atoms. The van der Waals surface area contributed by atoms with Crippen molar-refractivity contribution in [3.8, 4) is 17.2 Å². The first kappa shape index (κ1) is 23.6. The molecule has 9 heteroatoms. The molecule has 0 aromatic heterocycles. The van der Waals surface area contributed by atoms with Gasteiger partial charge in [-0.05, 0) is 12.5 Å². The lowest BCUT2D eigenvalue weighted by molar-refractivity contribution is -0.135. The van der Waals surface area contributed by atoms with Gasteiger partial charge in [0.2, 0.25) is 11.7 Å². The molecule has 0 saturated carbocycles. The van der Waals surface area contributed by atoms with Crippen molar-refractivity contribution in [3.05, 3.63) is 17.7 Å². The van der Waals surface area contributed by atoms with E-state index >= 15 is 0 Å². The SMILES string of the molecule is CCCCC(NC(N)=O)C(=O)N1CCN(Cc2ccc(OC)c(OC)c2OC)CC1. The summed E-state index contributed by atoms with van der Waals surface area (Å²) >= 11 is 0. The fourth-order valence-corrected chi connectivity index (χ4v) is 3.71.